The van der Waals surface area contributed by atoms with Gasteiger partial charge < -0.3 is 10.1 Å². The summed E-state index contributed by atoms with van der Waals surface area (Å²) in [6.07, 6.45) is 1.78. The molecule has 1 N–H and O–H groups in total. The molecule has 0 spiro atoms. The second kappa shape index (κ2) is 6.53. The van der Waals surface area contributed by atoms with Gasteiger partial charge in [0.2, 0.25) is 0 Å². The number of nitrogens with one attached hydrogen (secondary N) is 1. The lowest BCUT2D eigenvalue weighted by atomic mass is 10.0. The van der Waals surface area contributed by atoms with Crippen LogP contribution in [0.2, 0.25) is 0 Å². The first kappa shape index (κ1) is 14.5. The molecule has 106 valence electrons. The van der Waals surface area contributed by atoms with Crippen LogP contribution in [0.5, 0.6) is 11.5 Å². The summed E-state index contributed by atoms with van der Waals surface area (Å²) in [4.78, 5) is 4.30. The van der Waals surface area contributed by atoms with Crippen molar-refractivity contribution in [1.29, 1.82) is 0 Å². The molecule has 0 saturated heterocycles. The van der Waals surface area contributed by atoms with E-state index in [1.807, 2.05) is 19.2 Å². The van der Waals surface area contributed by atoms with Gasteiger partial charge in [-0.05, 0) is 43.1 Å². The first-order valence-corrected chi connectivity index (χ1v) is 6.98. The molecule has 0 saturated carbocycles. The lowest BCUT2D eigenvalue weighted by Crippen LogP contribution is -2.06. The third-order valence-electron chi connectivity index (χ3n) is 3.25. The van der Waals surface area contributed by atoms with Gasteiger partial charge in [0.05, 0.1) is 5.69 Å². The predicted octanol–water partition coefficient (Wildman–Crippen LogP) is 4.03. The number of nitrogens with zero attached hydrogens (tertiary/aromatic N) is 1. The minimum Gasteiger partial charge on any atom is -0.457 e. The highest BCUT2D eigenvalue weighted by Gasteiger charge is 2.06. The molecular weight excluding hydrogens is 248 g/mol. The molecule has 0 aliphatic heterocycles. The third-order valence-corrected chi connectivity index (χ3v) is 3.25. The Hall–Kier alpha value is -1.87. The van der Waals surface area contributed by atoms with E-state index in [1.165, 1.54) is 5.56 Å². The summed E-state index contributed by atoms with van der Waals surface area (Å²) in [6, 6.07) is 10.3. The molecule has 20 heavy (non-hydrogen) atoms. The molecule has 0 aliphatic rings. The van der Waals surface area contributed by atoms with Crippen molar-refractivity contribution in [3.8, 4) is 11.5 Å². The second-order valence-corrected chi connectivity index (χ2v) is 5.29. The summed E-state index contributed by atoms with van der Waals surface area (Å²) < 4.78 is 6.02. The topological polar surface area (TPSA) is 34.1 Å². The maximum absolute atomic E-state index is 6.02. The maximum atomic E-state index is 6.02. The Morgan fingerprint density at radius 2 is 2.00 bits per heavy atom. The van der Waals surface area contributed by atoms with Gasteiger partial charge in [0.15, 0.2) is 0 Å². The van der Waals surface area contributed by atoms with Gasteiger partial charge in [-0.1, -0.05) is 26.0 Å². The summed E-state index contributed by atoms with van der Waals surface area (Å²) in [5, 5.41) is 3.09. The van der Waals surface area contributed by atoms with Crippen molar-refractivity contribution in [2.24, 2.45) is 0 Å². The number of rotatable bonds is 5. The fraction of sp³-hybridized carbons (Fsp3) is 0.353. The molecule has 0 radical (unpaired) electrons. The van der Waals surface area contributed by atoms with E-state index in [9.17, 15) is 0 Å². The lowest BCUT2D eigenvalue weighted by molar-refractivity contribution is 0.475. The van der Waals surface area contributed by atoms with E-state index in [4.69, 9.17) is 4.74 Å². The average molecular weight is 270 g/mol. The zero-order valence-electron chi connectivity index (χ0n) is 12.6. The molecule has 1 heterocycles. The van der Waals surface area contributed by atoms with Crippen molar-refractivity contribution in [1.82, 2.24) is 10.3 Å². The Morgan fingerprint density at radius 1 is 1.20 bits per heavy atom. The molecule has 3 heteroatoms. The van der Waals surface area contributed by atoms with Crippen LogP contribution in [-0.2, 0) is 6.54 Å². The van der Waals surface area contributed by atoms with Crippen LogP contribution in [0, 0.1) is 6.92 Å². The zero-order valence-corrected chi connectivity index (χ0v) is 12.6. The standard InChI is InChI=1S/C17H22N2O/c1-12(2)14-6-5-13(3)17(9-14)20-16-7-8-19-15(10-16)11-18-4/h5-10,12,18H,11H2,1-4H3. The molecule has 2 aromatic rings. The van der Waals surface area contributed by atoms with Gasteiger partial charge in [-0.25, -0.2) is 0 Å². The minimum absolute atomic E-state index is 0.496. The van der Waals surface area contributed by atoms with Gasteiger partial charge in [-0.3, -0.25) is 4.98 Å². The van der Waals surface area contributed by atoms with Gasteiger partial charge in [-0.2, -0.15) is 0 Å². The fourth-order valence-corrected chi connectivity index (χ4v) is 2.01. The van der Waals surface area contributed by atoms with E-state index in [-0.39, 0.29) is 0 Å². The molecule has 3 nitrogen and oxygen atoms in total. The molecule has 0 bridgehead atoms. The quantitative estimate of drug-likeness (QED) is 0.891. The summed E-state index contributed by atoms with van der Waals surface area (Å²) in [7, 11) is 1.91. The summed E-state index contributed by atoms with van der Waals surface area (Å²) in [5.41, 5.74) is 3.40. The lowest BCUT2D eigenvalue weighted by Gasteiger charge is -2.13. The maximum Gasteiger partial charge on any atom is 0.130 e. The zero-order chi connectivity index (χ0) is 14.5. The van der Waals surface area contributed by atoms with Gasteiger partial charge in [0.25, 0.3) is 0 Å². The summed E-state index contributed by atoms with van der Waals surface area (Å²) >= 11 is 0. The van der Waals surface area contributed by atoms with Crippen molar-refractivity contribution in [3.63, 3.8) is 0 Å². The van der Waals surface area contributed by atoms with Crippen molar-refractivity contribution in [2.75, 3.05) is 7.05 Å². The summed E-state index contributed by atoms with van der Waals surface area (Å²) in [5.74, 6) is 2.24. The fourth-order valence-electron chi connectivity index (χ4n) is 2.01. The van der Waals surface area contributed by atoms with Crippen molar-refractivity contribution in [2.45, 2.75) is 33.2 Å². The molecular formula is C17H22N2O. The van der Waals surface area contributed by atoms with E-state index in [1.54, 1.807) is 6.20 Å². The third kappa shape index (κ3) is 3.58. The highest BCUT2D eigenvalue weighted by atomic mass is 16.5. The first-order chi connectivity index (χ1) is 9.60. The highest BCUT2D eigenvalue weighted by molar-refractivity contribution is 5.41. The molecule has 0 aliphatic carbocycles. The van der Waals surface area contributed by atoms with Crippen LogP contribution in [0.15, 0.2) is 36.5 Å². The van der Waals surface area contributed by atoms with E-state index < -0.39 is 0 Å². The Morgan fingerprint density at radius 3 is 2.70 bits per heavy atom. The number of pyridine rings is 1. The Bertz CT molecular complexity index is 579. The van der Waals surface area contributed by atoms with Gasteiger partial charge in [0.1, 0.15) is 11.5 Å². The number of hydrogen-bond donors (Lipinski definition) is 1. The van der Waals surface area contributed by atoms with E-state index in [0.29, 0.717) is 5.92 Å². The van der Waals surface area contributed by atoms with Crippen LogP contribution in [0.25, 0.3) is 0 Å². The Balaban J connectivity index is 2.25. The number of aryl methyl sites for hydroxylation is 1. The number of hydrogen-bond acceptors (Lipinski definition) is 3. The first-order valence-electron chi connectivity index (χ1n) is 6.98. The molecule has 0 fully saturated rings. The molecule has 0 atom stereocenters. The van der Waals surface area contributed by atoms with Crippen molar-refractivity contribution >= 4 is 0 Å². The minimum atomic E-state index is 0.496. The van der Waals surface area contributed by atoms with Crippen LogP contribution in [0.3, 0.4) is 0 Å². The normalized spacial score (nSPS) is 10.8. The van der Waals surface area contributed by atoms with Crippen LogP contribution >= 0.6 is 0 Å². The molecule has 0 amide bonds. The Labute approximate surface area is 121 Å². The number of aromatic nitrogens is 1. The molecule has 1 aromatic heterocycles. The Kier molecular flexibility index (Phi) is 4.74. The monoisotopic (exact) mass is 270 g/mol. The van der Waals surface area contributed by atoms with Gasteiger partial charge >= 0.3 is 0 Å². The van der Waals surface area contributed by atoms with Crippen LogP contribution < -0.4 is 10.1 Å². The summed E-state index contributed by atoms with van der Waals surface area (Å²) in [6.45, 7) is 7.18. The number of benzene rings is 1. The average Bonchev–Trinajstić information content (AvgIpc) is 2.42. The predicted molar refractivity (Wildman–Crippen MR) is 82.3 cm³/mol. The molecule has 1 aromatic carbocycles. The SMILES string of the molecule is CNCc1cc(Oc2cc(C(C)C)ccc2C)ccn1. The molecule has 2 rings (SSSR count). The highest BCUT2D eigenvalue weighted by Crippen LogP contribution is 2.28. The van der Waals surface area contributed by atoms with E-state index in [0.717, 1.165) is 29.3 Å². The van der Waals surface area contributed by atoms with Crippen molar-refractivity contribution in [3.05, 3.63) is 53.3 Å². The van der Waals surface area contributed by atoms with Gasteiger partial charge in [-0.15, -0.1) is 0 Å². The van der Waals surface area contributed by atoms with Gasteiger partial charge in [0, 0.05) is 18.8 Å². The second-order valence-electron chi connectivity index (χ2n) is 5.29. The van der Waals surface area contributed by atoms with E-state index in [2.05, 4.69) is 49.3 Å². The smallest absolute Gasteiger partial charge is 0.130 e. The molecule has 0 unspecified atom stereocenters. The van der Waals surface area contributed by atoms with Crippen LogP contribution in [-0.4, -0.2) is 12.0 Å². The van der Waals surface area contributed by atoms with Crippen LogP contribution in [0.4, 0.5) is 0 Å². The van der Waals surface area contributed by atoms with E-state index >= 15 is 0 Å². The number of ether oxygens (including phenoxy) is 1. The largest absolute Gasteiger partial charge is 0.457 e. The van der Waals surface area contributed by atoms with Crippen LogP contribution in [0.1, 0.15) is 36.6 Å². The van der Waals surface area contributed by atoms with Crippen molar-refractivity contribution < 1.29 is 4.74 Å².